The number of hydrogen-bond acceptors (Lipinski definition) is 3. The molecular formula is C10H11F2O3. The van der Waals surface area contributed by atoms with E-state index in [-0.39, 0.29) is 5.75 Å². The Morgan fingerprint density at radius 1 is 1.33 bits per heavy atom. The van der Waals surface area contributed by atoms with Crippen LogP contribution in [0.1, 0.15) is 12.5 Å². The van der Waals surface area contributed by atoms with E-state index in [0.29, 0.717) is 17.9 Å². The molecule has 3 nitrogen and oxygen atoms in total. The number of ether oxygens (including phenoxy) is 2. The minimum Gasteiger partial charge on any atom is -0.494 e. The SMILES string of the molecule is CCOc1cc([CH]O)cc(OC(F)F)c1. The molecule has 83 valence electrons. The summed E-state index contributed by atoms with van der Waals surface area (Å²) in [7, 11) is 0. The Kier molecular flexibility index (Phi) is 4.30. The molecule has 0 saturated carbocycles. The predicted molar refractivity (Wildman–Crippen MR) is 49.6 cm³/mol. The summed E-state index contributed by atoms with van der Waals surface area (Å²) in [4.78, 5) is 0. The minimum absolute atomic E-state index is 0.0451. The lowest BCUT2D eigenvalue weighted by atomic mass is 10.2. The third kappa shape index (κ3) is 3.71. The zero-order valence-electron chi connectivity index (χ0n) is 8.11. The van der Waals surface area contributed by atoms with Gasteiger partial charge < -0.3 is 14.6 Å². The maximum atomic E-state index is 11.9. The molecule has 0 spiro atoms. The summed E-state index contributed by atoms with van der Waals surface area (Å²) in [5.41, 5.74) is 0.344. The van der Waals surface area contributed by atoms with Crippen molar-refractivity contribution in [1.82, 2.24) is 0 Å². The van der Waals surface area contributed by atoms with Crippen LogP contribution in [-0.4, -0.2) is 18.3 Å². The molecule has 0 aromatic heterocycles. The van der Waals surface area contributed by atoms with E-state index in [0.717, 1.165) is 6.61 Å². The molecule has 0 aliphatic carbocycles. The van der Waals surface area contributed by atoms with Crippen LogP contribution in [0.25, 0.3) is 0 Å². The average Bonchev–Trinajstić information content (AvgIpc) is 2.16. The van der Waals surface area contributed by atoms with Crippen LogP contribution in [0.15, 0.2) is 18.2 Å². The van der Waals surface area contributed by atoms with Crippen LogP contribution >= 0.6 is 0 Å². The van der Waals surface area contributed by atoms with Crippen LogP contribution < -0.4 is 9.47 Å². The summed E-state index contributed by atoms with van der Waals surface area (Å²) in [5, 5.41) is 8.77. The van der Waals surface area contributed by atoms with Crippen LogP contribution in [-0.2, 0) is 0 Å². The van der Waals surface area contributed by atoms with Crippen LogP contribution in [0.2, 0.25) is 0 Å². The number of aliphatic hydroxyl groups is 1. The zero-order chi connectivity index (χ0) is 11.3. The first-order chi connectivity index (χ1) is 7.15. The lowest BCUT2D eigenvalue weighted by molar-refractivity contribution is -0.0499. The maximum Gasteiger partial charge on any atom is 0.387 e. The number of rotatable bonds is 5. The van der Waals surface area contributed by atoms with Gasteiger partial charge in [-0.05, 0) is 24.6 Å². The lowest BCUT2D eigenvalue weighted by Gasteiger charge is -2.09. The van der Waals surface area contributed by atoms with Gasteiger partial charge in [-0.3, -0.25) is 0 Å². The van der Waals surface area contributed by atoms with Crippen LogP contribution in [0, 0.1) is 6.61 Å². The molecule has 1 aromatic carbocycles. The van der Waals surface area contributed by atoms with Gasteiger partial charge in [-0.2, -0.15) is 8.78 Å². The highest BCUT2D eigenvalue weighted by atomic mass is 19.3. The van der Waals surface area contributed by atoms with Gasteiger partial charge >= 0.3 is 6.61 Å². The van der Waals surface area contributed by atoms with Gasteiger partial charge in [0.2, 0.25) is 0 Å². The molecule has 1 aromatic rings. The molecular weight excluding hydrogens is 206 g/mol. The third-order valence-corrected chi connectivity index (χ3v) is 1.59. The van der Waals surface area contributed by atoms with Crippen molar-refractivity contribution in [2.24, 2.45) is 0 Å². The van der Waals surface area contributed by atoms with Crippen LogP contribution in [0.3, 0.4) is 0 Å². The van der Waals surface area contributed by atoms with Crippen molar-refractivity contribution in [3.63, 3.8) is 0 Å². The molecule has 5 heteroatoms. The fraction of sp³-hybridized carbons (Fsp3) is 0.300. The molecule has 0 aliphatic heterocycles. The predicted octanol–water partition coefficient (Wildman–Crippen LogP) is 2.57. The van der Waals surface area contributed by atoms with Crippen molar-refractivity contribution in [3.05, 3.63) is 30.4 Å². The van der Waals surface area contributed by atoms with E-state index in [2.05, 4.69) is 4.74 Å². The molecule has 0 atom stereocenters. The van der Waals surface area contributed by atoms with Gasteiger partial charge in [-0.1, -0.05) is 0 Å². The van der Waals surface area contributed by atoms with Gasteiger partial charge in [0, 0.05) is 6.07 Å². The van der Waals surface area contributed by atoms with E-state index in [1.807, 2.05) is 0 Å². The summed E-state index contributed by atoms with van der Waals surface area (Å²) in [6.45, 7) is 0.0701. The van der Waals surface area contributed by atoms with Crippen molar-refractivity contribution in [2.45, 2.75) is 13.5 Å². The van der Waals surface area contributed by atoms with E-state index < -0.39 is 6.61 Å². The van der Waals surface area contributed by atoms with Gasteiger partial charge in [-0.25, -0.2) is 0 Å². The number of alkyl halides is 2. The average molecular weight is 217 g/mol. The number of benzene rings is 1. The van der Waals surface area contributed by atoms with Crippen molar-refractivity contribution in [3.8, 4) is 11.5 Å². The number of aliphatic hydroxyl groups excluding tert-OH is 1. The standard InChI is InChI=1S/C10H11F2O3/c1-2-14-8-3-7(6-13)4-9(5-8)15-10(11)12/h3-6,10,13H,2H2,1H3. The number of halogens is 2. The Morgan fingerprint density at radius 2 is 2.00 bits per heavy atom. The Morgan fingerprint density at radius 3 is 2.53 bits per heavy atom. The quantitative estimate of drug-likeness (QED) is 0.823. The molecule has 0 fully saturated rings. The monoisotopic (exact) mass is 217 g/mol. The Balaban J connectivity index is 2.89. The Bertz CT molecular complexity index is 316. The maximum absolute atomic E-state index is 11.9. The van der Waals surface area contributed by atoms with Gasteiger partial charge in [0.05, 0.1) is 6.61 Å². The smallest absolute Gasteiger partial charge is 0.387 e. The second-order valence-corrected chi connectivity index (χ2v) is 2.68. The van der Waals surface area contributed by atoms with Crippen LogP contribution in [0.5, 0.6) is 11.5 Å². The summed E-state index contributed by atoms with van der Waals surface area (Å²) >= 11 is 0. The van der Waals surface area contributed by atoms with E-state index in [1.54, 1.807) is 6.92 Å². The molecule has 1 rings (SSSR count). The molecule has 0 aliphatic rings. The fourth-order valence-electron chi connectivity index (χ4n) is 1.09. The van der Waals surface area contributed by atoms with Crippen LogP contribution in [0.4, 0.5) is 8.78 Å². The van der Waals surface area contributed by atoms with Crippen molar-refractivity contribution >= 4 is 0 Å². The molecule has 0 unspecified atom stereocenters. The van der Waals surface area contributed by atoms with Gasteiger partial charge in [-0.15, -0.1) is 0 Å². The van der Waals surface area contributed by atoms with Gasteiger partial charge in [0.25, 0.3) is 0 Å². The van der Waals surface area contributed by atoms with E-state index in [4.69, 9.17) is 9.84 Å². The van der Waals surface area contributed by atoms with Crippen molar-refractivity contribution in [2.75, 3.05) is 6.61 Å². The third-order valence-electron chi connectivity index (χ3n) is 1.59. The topological polar surface area (TPSA) is 38.7 Å². The van der Waals surface area contributed by atoms with E-state index in [1.165, 1.54) is 18.2 Å². The second-order valence-electron chi connectivity index (χ2n) is 2.68. The first-order valence-corrected chi connectivity index (χ1v) is 4.36. The number of hydrogen-bond donors (Lipinski definition) is 1. The summed E-state index contributed by atoms with van der Waals surface area (Å²) < 4.78 is 33.2. The second kappa shape index (κ2) is 5.50. The van der Waals surface area contributed by atoms with E-state index in [9.17, 15) is 8.78 Å². The lowest BCUT2D eigenvalue weighted by Crippen LogP contribution is -2.03. The molecule has 1 radical (unpaired) electrons. The first kappa shape index (κ1) is 11.7. The zero-order valence-corrected chi connectivity index (χ0v) is 8.11. The highest BCUT2D eigenvalue weighted by Crippen LogP contribution is 2.24. The first-order valence-electron chi connectivity index (χ1n) is 4.36. The summed E-state index contributed by atoms with van der Waals surface area (Å²) in [6.07, 6.45) is 0. The molecule has 1 N–H and O–H groups in total. The Hall–Kier alpha value is -1.36. The van der Waals surface area contributed by atoms with Crippen molar-refractivity contribution in [1.29, 1.82) is 0 Å². The molecule has 0 heterocycles. The van der Waals surface area contributed by atoms with E-state index >= 15 is 0 Å². The highest BCUT2D eigenvalue weighted by molar-refractivity contribution is 5.40. The largest absolute Gasteiger partial charge is 0.494 e. The van der Waals surface area contributed by atoms with Crippen molar-refractivity contribution < 1.29 is 23.4 Å². The summed E-state index contributed by atoms with van der Waals surface area (Å²) in [5.74, 6) is 0.326. The van der Waals surface area contributed by atoms with Gasteiger partial charge in [0.15, 0.2) is 0 Å². The minimum atomic E-state index is -2.89. The Labute approximate surface area is 86.2 Å². The van der Waals surface area contributed by atoms with Gasteiger partial charge in [0.1, 0.15) is 18.1 Å². The summed E-state index contributed by atoms with van der Waals surface area (Å²) in [6, 6.07) is 4.14. The molecule has 0 saturated heterocycles. The highest BCUT2D eigenvalue weighted by Gasteiger charge is 2.07. The normalized spacial score (nSPS) is 10.5. The molecule has 15 heavy (non-hydrogen) atoms. The molecule has 0 bridgehead atoms. The fourth-order valence-corrected chi connectivity index (χ4v) is 1.09. The molecule has 0 amide bonds.